The lowest BCUT2D eigenvalue weighted by molar-refractivity contribution is 0.0812. The number of hydrogen-bond acceptors (Lipinski definition) is 8. The molecular weight excluding hydrogens is 543 g/mol. The van der Waals surface area contributed by atoms with E-state index in [1.165, 1.54) is 28.9 Å². The number of piperazine rings is 1. The highest BCUT2D eigenvalue weighted by Gasteiger charge is 2.36. The number of allylic oxidation sites excluding steroid dienone is 1. The van der Waals surface area contributed by atoms with Crippen molar-refractivity contribution < 1.29 is 17.5 Å². The minimum absolute atomic E-state index is 0.0594. The van der Waals surface area contributed by atoms with Gasteiger partial charge in [-0.3, -0.25) is 4.90 Å². The van der Waals surface area contributed by atoms with Crippen molar-refractivity contribution >= 4 is 33.8 Å². The van der Waals surface area contributed by atoms with Crippen LogP contribution >= 0.6 is 0 Å². The van der Waals surface area contributed by atoms with E-state index in [1.807, 2.05) is 19.1 Å². The normalized spacial score (nSPS) is 19.7. The van der Waals surface area contributed by atoms with Crippen LogP contribution in [0, 0.1) is 29.5 Å². The topological polar surface area (TPSA) is 122 Å². The van der Waals surface area contributed by atoms with Crippen molar-refractivity contribution in [2.75, 3.05) is 44.7 Å². The lowest BCUT2D eigenvalue weighted by Gasteiger charge is -2.42. The minimum atomic E-state index is -3.91. The van der Waals surface area contributed by atoms with Gasteiger partial charge < -0.3 is 26.2 Å². The lowest BCUT2D eigenvalue weighted by Crippen LogP contribution is -2.51. The number of nitrogens with one attached hydrogen (secondary N) is 4. The van der Waals surface area contributed by atoms with Gasteiger partial charge in [0.2, 0.25) is 10.0 Å². The fourth-order valence-corrected chi connectivity index (χ4v) is 6.74. The molecular formula is C30H41FN6O3S. The van der Waals surface area contributed by atoms with Gasteiger partial charge in [-0.05, 0) is 73.2 Å². The van der Waals surface area contributed by atoms with Crippen LogP contribution in [0.5, 0.6) is 0 Å². The summed E-state index contributed by atoms with van der Waals surface area (Å²) >= 11 is 0. The van der Waals surface area contributed by atoms with E-state index in [0.29, 0.717) is 43.5 Å². The molecule has 0 amide bonds. The lowest BCUT2D eigenvalue weighted by atomic mass is 9.94. The van der Waals surface area contributed by atoms with Crippen LogP contribution in [0.15, 0.2) is 47.5 Å². The van der Waals surface area contributed by atoms with Crippen molar-refractivity contribution in [1.82, 2.24) is 14.5 Å². The zero-order valence-corrected chi connectivity index (χ0v) is 24.8. The van der Waals surface area contributed by atoms with Gasteiger partial charge in [0, 0.05) is 87.0 Å². The third kappa shape index (κ3) is 7.59. The maximum absolute atomic E-state index is 13.7. The van der Waals surface area contributed by atoms with E-state index in [0.717, 1.165) is 42.4 Å². The summed E-state index contributed by atoms with van der Waals surface area (Å²) < 4.78 is 47.7. The molecule has 2 aromatic rings. The van der Waals surface area contributed by atoms with Gasteiger partial charge in [-0.25, -0.2) is 12.8 Å². The number of anilines is 2. The van der Waals surface area contributed by atoms with Gasteiger partial charge in [-0.1, -0.05) is 13.8 Å². The number of ether oxygens (including phenoxy) is 1. The predicted molar refractivity (Wildman–Crippen MR) is 162 cm³/mol. The second kappa shape index (κ2) is 13.7. The fourth-order valence-electron chi connectivity index (χ4n) is 5.42. The second-order valence-electron chi connectivity index (χ2n) is 11.1. The van der Waals surface area contributed by atoms with E-state index in [1.54, 1.807) is 12.1 Å². The van der Waals surface area contributed by atoms with Crippen LogP contribution in [0.3, 0.4) is 0 Å². The van der Waals surface area contributed by atoms with E-state index < -0.39 is 10.0 Å². The number of aryl methyl sites for hydroxylation is 1. The highest BCUT2D eigenvalue weighted by Crippen LogP contribution is 2.34. The standard InChI is InChI=1S/C30H41FN6O3S/c1-21(2)19-36-10-11-37(41(38,39)27(17-33)18-34-25-8-12-40-13-9-25)20-30(36)28-15-23(16-32)29(14-22(28)3)35-26-6-4-24(31)5-7-26/h4-7,14-18,21,25,30,32-35H,8-13,19-20H2,1-3H3/b27-18+,32-16?,33-17?/t30-/m0/s1. The molecule has 0 unspecified atom stereocenters. The summed E-state index contributed by atoms with van der Waals surface area (Å²) in [6, 6.07) is 9.85. The number of hydrogen-bond donors (Lipinski definition) is 4. The van der Waals surface area contributed by atoms with Crippen molar-refractivity contribution in [1.29, 1.82) is 10.8 Å². The van der Waals surface area contributed by atoms with Crippen LogP contribution in [0.2, 0.25) is 0 Å². The first-order valence-electron chi connectivity index (χ1n) is 14.1. The number of benzene rings is 2. The third-order valence-electron chi connectivity index (χ3n) is 7.59. The summed E-state index contributed by atoms with van der Waals surface area (Å²) in [6.45, 7) is 9.45. The number of nitrogens with zero attached hydrogens (tertiary/aromatic N) is 2. The monoisotopic (exact) mass is 584 g/mol. The Morgan fingerprint density at radius 2 is 1.85 bits per heavy atom. The first-order chi connectivity index (χ1) is 19.6. The van der Waals surface area contributed by atoms with Crippen LogP contribution in [0.4, 0.5) is 15.8 Å². The van der Waals surface area contributed by atoms with E-state index in [4.69, 9.17) is 15.6 Å². The summed E-state index contributed by atoms with van der Waals surface area (Å²) in [5, 5.41) is 22.4. The Hall–Kier alpha value is -3.12. The van der Waals surface area contributed by atoms with E-state index in [2.05, 4.69) is 29.4 Å². The quantitative estimate of drug-likeness (QED) is 0.282. The molecule has 4 N–H and O–H groups in total. The molecule has 0 saturated carbocycles. The molecule has 0 aliphatic carbocycles. The third-order valence-corrected chi connectivity index (χ3v) is 9.44. The highest BCUT2D eigenvalue weighted by molar-refractivity contribution is 7.93. The van der Waals surface area contributed by atoms with Crippen molar-refractivity contribution in [3.63, 3.8) is 0 Å². The summed E-state index contributed by atoms with van der Waals surface area (Å²) in [6.07, 6.45) is 5.22. The maximum Gasteiger partial charge on any atom is 0.246 e. The molecule has 2 aromatic carbocycles. The summed E-state index contributed by atoms with van der Waals surface area (Å²) in [5.41, 5.74) is 3.99. The number of sulfonamides is 1. The molecule has 2 fully saturated rings. The zero-order chi connectivity index (χ0) is 29.6. The summed E-state index contributed by atoms with van der Waals surface area (Å²) in [5.74, 6) is 0.0556. The Bertz CT molecular complexity index is 1360. The molecule has 1 atom stereocenters. The average Bonchev–Trinajstić information content (AvgIpc) is 2.95. The molecule has 41 heavy (non-hydrogen) atoms. The first kappa shape index (κ1) is 30.8. The zero-order valence-electron chi connectivity index (χ0n) is 24.0. The molecule has 11 heteroatoms. The SMILES string of the molecule is Cc1cc(Nc2ccc(F)cc2)c(C=N)cc1[C@@H]1CN(S(=O)(=O)/C(C=N)=C/NC2CCOCC2)CCN1CC(C)C. The van der Waals surface area contributed by atoms with Crippen molar-refractivity contribution in [3.05, 3.63) is 70.0 Å². The van der Waals surface area contributed by atoms with Crippen LogP contribution in [0.25, 0.3) is 0 Å². The molecule has 2 aliphatic heterocycles. The van der Waals surface area contributed by atoms with Crippen LogP contribution in [-0.2, 0) is 14.8 Å². The van der Waals surface area contributed by atoms with Gasteiger partial charge >= 0.3 is 0 Å². The predicted octanol–water partition coefficient (Wildman–Crippen LogP) is 4.78. The molecule has 0 spiro atoms. The molecule has 0 bridgehead atoms. The van der Waals surface area contributed by atoms with Crippen LogP contribution in [0.1, 0.15) is 49.4 Å². The average molecular weight is 585 g/mol. The van der Waals surface area contributed by atoms with E-state index in [-0.39, 0.29) is 29.4 Å². The Kier molecular flexibility index (Phi) is 10.3. The summed E-state index contributed by atoms with van der Waals surface area (Å²) in [4.78, 5) is 2.25. The first-order valence-corrected chi connectivity index (χ1v) is 15.5. The Morgan fingerprint density at radius 1 is 1.15 bits per heavy atom. The van der Waals surface area contributed by atoms with E-state index in [9.17, 15) is 12.8 Å². The van der Waals surface area contributed by atoms with Gasteiger partial charge in [-0.2, -0.15) is 4.31 Å². The highest BCUT2D eigenvalue weighted by atomic mass is 32.2. The van der Waals surface area contributed by atoms with Gasteiger partial charge in [0.25, 0.3) is 0 Å². The van der Waals surface area contributed by atoms with Gasteiger partial charge in [0.05, 0.1) is 0 Å². The van der Waals surface area contributed by atoms with Crippen molar-refractivity contribution in [2.45, 2.75) is 45.7 Å². The molecule has 222 valence electrons. The maximum atomic E-state index is 13.7. The van der Waals surface area contributed by atoms with E-state index >= 15 is 0 Å². The molecule has 4 rings (SSSR count). The molecule has 9 nitrogen and oxygen atoms in total. The minimum Gasteiger partial charge on any atom is -0.387 e. The fraction of sp³-hybridized carbons (Fsp3) is 0.467. The smallest absolute Gasteiger partial charge is 0.246 e. The second-order valence-corrected chi connectivity index (χ2v) is 13.0. The molecule has 0 radical (unpaired) electrons. The van der Waals surface area contributed by atoms with Crippen molar-refractivity contribution in [3.8, 4) is 0 Å². The van der Waals surface area contributed by atoms with Gasteiger partial charge in [-0.15, -0.1) is 0 Å². The molecule has 2 aliphatic rings. The molecule has 2 heterocycles. The molecule has 2 saturated heterocycles. The van der Waals surface area contributed by atoms with Crippen LogP contribution < -0.4 is 10.6 Å². The van der Waals surface area contributed by atoms with Crippen LogP contribution in [-0.4, -0.2) is 75.5 Å². The van der Waals surface area contributed by atoms with Gasteiger partial charge in [0.1, 0.15) is 10.7 Å². The number of halogens is 1. The van der Waals surface area contributed by atoms with Gasteiger partial charge in [0.15, 0.2) is 0 Å². The molecule has 0 aromatic heterocycles. The number of rotatable bonds is 11. The summed E-state index contributed by atoms with van der Waals surface area (Å²) in [7, 11) is -3.91. The Labute approximate surface area is 242 Å². The Morgan fingerprint density at radius 3 is 2.49 bits per heavy atom. The largest absolute Gasteiger partial charge is 0.387 e. The Balaban J connectivity index is 1.63. The van der Waals surface area contributed by atoms with Crippen molar-refractivity contribution in [2.24, 2.45) is 5.92 Å².